The van der Waals surface area contributed by atoms with E-state index in [0.29, 0.717) is 0 Å². The number of hydrogen-bond acceptors (Lipinski definition) is 4. The number of amides is 2. The summed E-state index contributed by atoms with van der Waals surface area (Å²) in [7, 11) is 0. The number of nitrogens with one attached hydrogen (secondary N) is 3. The molecule has 2 amide bonds. The summed E-state index contributed by atoms with van der Waals surface area (Å²) >= 11 is 0. The zero-order chi connectivity index (χ0) is 20.0. The Kier molecular flexibility index (Phi) is 7.01. The molecule has 0 bridgehead atoms. The Labute approximate surface area is 149 Å². The lowest BCUT2D eigenvalue weighted by Crippen LogP contribution is -2.50. The van der Waals surface area contributed by atoms with Gasteiger partial charge in [0, 0.05) is 5.69 Å². The monoisotopic (exact) mass is 370 g/mol. The molecular formula is C17H21F3N4O2. The quantitative estimate of drug-likeness (QED) is 0.687. The van der Waals surface area contributed by atoms with Crippen LogP contribution in [0.2, 0.25) is 0 Å². The number of carbonyl (C=O) groups excluding carboxylic acids is 2. The van der Waals surface area contributed by atoms with Crippen molar-refractivity contribution in [3.05, 3.63) is 29.8 Å². The van der Waals surface area contributed by atoms with Gasteiger partial charge in [-0.05, 0) is 25.0 Å². The molecule has 3 N–H and O–H groups in total. The van der Waals surface area contributed by atoms with Crippen LogP contribution in [-0.4, -0.2) is 36.6 Å². The fraction of sp³-hybridized carbons (Fsp3) is 0.471. The number of carbonyl (C=O) groups is 2. The standard InChI is InChI=1S/C17H21F3N4O2/c1-11(2)16(3,9-21)24-14(25)8-22-13-7-5-4-6-12(13)15(26)23-10-17(18,19)20/h4-7,11,22H,8,10H2,1-3H3,(H,23,26)(H,24,25). The minimum absolute atomic E-state index is 0.0172. The van der Waals surface area contributed by atoms with Crippen LogP contribution >= 0.6 is 0 Å². The van der Waals surface area contributed by atoms with E-state index in [1.165, 1.54) is 18.2 Å². The van der Waals surface area contributed by atoms with Crippen LogP contribution in [0, 0.1) is 17.2 Å². The van der Waals surface area contributed by atoms with Crippen molar-refractivity contribution in [3.8, 4) is 6.07 Å². The summed E-state index contributed by atoms with van der Waals surface area (Å²) in [6.07, 6.45) is -4.52. The van der Waals surface area contributed by atoms with Crippen molar-refractivity contribution in [2.45, 2.75) is 32.5 Å². The molecule has 1 aromatic rings. The summed E-state index contributed by atoms with van der Waals surface area (Å²) in [5, 5.41) is 16.3. The molecule has 142 valence electrons. The van der Waals surface area contributed by atoms with Gasteiger partial charge >= 0.3 is 6.18 Å². The van der Waals surface area contributed by atoms with Gasteiger partial charge in [-0.25, -0.2) is 0 Å². The van der Waals surface area contributed by atoms with Gasteiger partial charge in [-0.3, -0.25) is 9.59 Å². The summed E-state index contributed by atoms with van der Waals surface area (Å²) in [5.41, 5.74) is -0.857. The predicted molar refractivity (Wildman–Crippen MR) is 90.3 cm³/mol. The van der Waals surface area contributed by atoms with Gasteiger partial charge in [-0.15, -0.1) is 0 Å². The first-order valence-corrected chi connectivity index (χ1v) is 7.88. The van der Waals surface area contributed by atoms with Gasteiger partial charge in [0.1, 0.15) is 12.1 Å². The molecule has 1 atom stereocenters. The van der Waals surface area contributed by atoms with E-state index < -0.39 is 30.1 Å². The molecule has 0 radical (unpaired) electrons. The maximum Gasteiger partial charge on any atom is 0.405 e. The van der Waals surface area contributed by atoms with Crippen LogP contribution in [0.3, 0.4) is 0 Å². The number of halogens is 3. The Morgan fingerprint density at radius 2 is 1.85 bits per heavy atom. The van der Waals surface area contributed by atoms with Gasteiger partial charge in [-0.1, -0.05) is 26.0 Å². The minimum Gasteiger partial charge on any atom is -0.376 e. The lowest BCUT2D eigenvalue weighted by atomic mass is 9.90. The number of rotatable bonds is 7. The first-order valence-electron chi connectivity index (χ1n) is 7.88. The Morgan fingerprint density at radius 3 is 2.38 bits per heavy atom. The van der Waals surface area contributed by atoms with E-state index in [2.05, 4.69) is 10.6 Å². The second-order valence-corrected chi connectivity index (χ2v) is 6.21. The van der Waals surface area contributed by atoms with Gasteiger partial charge < -0.3 is 16.0 Å². The number of nitriles is 1. The van der Waals surface area contributed by atoms with Crippen molar-refractivity contribution in [2.75, 3.05) is 18.4 Å². The van der Waals surface area contributed by atoms with Crippen molar-refractivity contribution >= 4 is 17.5 Å². The topological polar surface area (TPSA) is 94.0 Å². The van der Waals surface area contributed by atoms with Crippen molar-refractivity contribution in [1.29, 1.82) is 5.26 Å². The molecule has 9 heteroatoms. The van der Waals surface area contributed by atoms with E-state index in [4.69, 9.17) is 0 Å². The van der Waals surface area contributed by atoms with Crippen LogP contribution in [0.4, 0.5) is 18.9 Å². The second-order valence-electron chi connectivity index (χ2n) is 6.21. The average Bonchev–Trinajstić information content (AvgIpc) is 2.57. The van der Waals surface area contributed by atoms with Crippen LogP contribution in [0.25, 0.3) is 0 Å². The molecule has 0 aliphatic carbocycles. The van der Waals surface area contributed by atoms with E-state index in [9.17, 15) is 28.0 Å². The maximum atomic E-state index is 12.2. The molecule has 0 saturated carbocycles. The normalized spacial score (nSPS) is 13.5. The molecule has 6 nitrogen and oxygen atoms in total. The predicted octanol–water partition coefficient (Wildman–Crippen LogP) is 2.45. The summed E-state index contributed by atoms with van der Waals surface area (Å²) in [4.78, 5) is 24.0. The Balaban J connectivity index is 2.76. The van der Waals surface area contributed by atoms with E-state index in [1.54, 1.807) is 32.2 Å². The van der Waals surface area contributed by atoms with Gasteiger partial charge in [-0.2, -0.15) is 18.4 Å². The van der Waals surface area contributed by atoms with E-state index in [0.717, 1.165) is 0 Å². The van der Waals surface area contributed by atoms with Gasteiger partial charge in [0.25, 0.3) is 5.91 Å². The van der Waals surface area contributed by atoms with Gasteiger partial charge in [0.2, 0.25) is 5.91 Å². The van der Waals surface area contributed by atoms with E-state index in [1.807, 2.05) is 6.07 Å². The molecule has 0 heterocycles. The molecule has 0 aromatic heterocycles. The molecule has 0 aliphatic rings. The van der Waals surface area contributed by atoms with Crippen molar-refractivity contribution < 1.29 is 22.8 Å². The third-order valence-corrected chi connectivity index (χ3v) is 3.85. The van der Waals surface area contributed by atoms with Crippen molar-refractivity contribution in [2.24, 2.45) is 5.92 Å². The zero-order valence-corrected chi connectivity index (χ0v) is 14.7. The lowest BCUT2D eigenvalue weighted by Gasteiger charge is -2.27. The Bertz CT molecular complexity index is 698. The summed E-state index contributed by atoms with van der Waals surface area (Å²) < 4.78 is 36.7. The van der Waals surface area contributed by atoms with Crippen LogP contribution < -0.4 is 16.0 Å². The highest BCUT2D eigenvalue weighted by molar-refractivity contribution is 6.00. The Morgan fingerprint density at radius 1 is 1.23 bits per heavy atom. The van der Waals surface area contributed by atoms with E-state index >= 15 is 0 Å². The molecule has 1 unspecified atom stereocenters. The number of para-hydroxylation sites is 1. The third kappa shape index (κ3) is 6.27. The fourth-order valence-electron chi connectivity index (χ4n) is 1.92. The number of hydrogen-bond donors (Lipinski definition) is 3. The molecular weight excluding hydrogens is 349 g/mol. The number of alkyl halides is 3. The maximum absolute atomic E-state index is 12.2. The van der Waals surface area contributed by atoms with Crippen LogP contribution in [0.1, 0.15) is 31.1 Å². The fourth-order valence-corrected chi connectivity index (χ4v) is 1.92. The summed E-state index contributed by atoms with van der Waals surface area (Å²) in [5.74, 6) is -1.51. The Hall–Kier alpha value is -2.76. The van der Waals surface area contributed by atoms with E-state index in [-0.39, 0.29) is 23.7 Å². The van der Waals surface area contributed by atoms with Crippen LogP contribution in [-0.2, 0) is 4.79 Å². The number of nitrogens with zero attached hydrogens (tertiary/aromatic N) is 1. The largest absolute Gasteiger partial charge is 0.405 e. The van der Waals surface area contributed by atoms with Gasteiger partial charge in [0.15, 0.2) is 0 Å². The molecule has 0 fully saturated rings. The highest BCUT2D eigenvalue weighted by Crippen LogP contribution is 2.18. The second kappa shape index (κ2) is 8.56. The van der Waals surface area contributed by atoms with Crippen LogP contribution in [0.15, 0.2) is 24.3 Å². The molecule has 26 heavy (non-hydrogen) atoms. The summed E-state index contributed by atoms with van der Waals surface area (Å²) in [6.45, 7) is 3.48. The number of benzene rings is 1. The first-order chi connectivity index (χ1) is 12.0. The number of anilines is 1. The lowest BCUT2D eigenvalue weighted by molar-refractivity contribution is -0.123. The van der Waals surface area contributed by atoms with Crippen LogP contribution in [0.5, 0.6) is 0 Å². The average molecular weight is 370 g/mol. The molecule has 1 aromatic carbocycles. The smallest absolute Gasteiger partial charge is 0.376 e. The highest BCUT2D eigenvalue weighted by Gasteiger charge is 2.30. The molecule has 0 aliphatic heterocycles. The molecule has 0 saturated heterocycles. The minimum atomic E-state index is -4.52. The zero-order valence-electron chi connectivity index (χ0n) is 14.7. The van der Waals surface area contributed by atoms with Crippen molar-refractivity contribution in [3.63, 3.8) is 0 Å². The molecule has 1 rings (SSSR count). The third-order valence-electron chi connectivity index (χ3n) is 3.85. The summed E-state index contributed by atoms with van der Waals surface area (Å²) in [6, 6.07) is 7.93. The van der Waals surface area contributed by atoms with Gasteiger partial charge in [0.05, 0.1) is 18.2 Å². The SMILES string of the molecule is CC(C)C(C)(C#N)NC(=O)CNc1ccccc1C(=O)NCC(F)(F)F. The van der Waals surface area contributed by atoms with Crippen molar-refractivity contribution in [1.82, 2.24) is 10.6 Å². The molecule has 0 spiro atoms. The highest BCUT2D eigenvalue weighted by atomic mass is 19.4. The first kappa shape index (κ1) is 21.3.